The quantitative estimate of drug-likeness (QED) is 0.881. The van der Waals surface area contributed by atoms with Crippen molar-refractivity contribution in [2.75, 3.05) is 7.11 Å². The summed E-state index contributed by atoms with van der Waals surface area (Å²) >= 11 is 0. The van der Waals surface area contributed by atoms with Gasteiger partial charge in [-0.15, -0.1) is 0 Å². The van der Waals surface area contributed by atoms with Gasteiger partial charge in [-0.3, -0.25) is 0 Å². The first kappa shape index (κ1) is 13.6. The molecular weight excluding hydrogens is 234 g/mol. The zero-order chi connectivity index (χ0) is 13.7. The molecular formula is C17H21NO. The lowest BCUT2D eigenvalue weighted by Gasteiger charge is -2.11. The van der Waals surface area contributed by atoms with Crippen LogP contribution < -0.4 is 10.1 Å². The number of hydrogen-bond donors (Lipinski definition) is 1. The van der Waals surface area contributed by atoms with Gasteiger partial charge < -0.3 is 10.1 Å². The largest absolute Gasteiger partial charge is 0.496 e. The molecule has 1 N–H and O–H groups in total. The van der Waals surface area contributed by atoms with Crippen LogP contribution in [0.25, 0.3) is 0 Å². The van der Waals surface area contributed by atoms with E-state index in [0.29, 0.717) is 0 Å². The topological polar surface area (TPSA) is 21.3 Å². The maximum Gasteiger partial charge on any atom is 0.123 e. The Kier molecular flexibility index (Phi) is 4.58. The van der Waals surface area contributed by atoms with E-state index in [2.05, 4.69) is 55.6 Å². The second-order valence-electron chi connectivity index (χ2n) is 4.85. The number of benzene rings is 2. The van der Waals surface area contributed by atoms with Crippen molar-refractivity contribution in [1.29, 1.82) is 0 Å². The molecule has 100 valence electrons. The predicted molar refractivity (Wildman–Crippen MR) is 79.5 cm³/mol. The van der Waals surface area contributed by atoms with Crippen LogP contribution in [0.1, 0.15) is 22.3 Å². The molecule has 2 nitrogen and oxygen atoms in total. The molecule has 2 aromatic rings. The van der Waals surface area contributed by atoms with Crippen molar-refractivity contribution in [3.63, 3.8) is 0 Å². The van der Waals surface area contributed by atoms with E-state index in [1.807, 2.05) is 6.07 Å². The number of rotatable bonds is 5. The summed E-state index contributed by atoms with van der Waals surface area (Å²) in [5.41, 5.74) is 5.13. The zero-order valence-corrected chi connectivity index (χ0v) is 11.9. The van der Waals surface area contributed by atoms with E-state index in [-0.39, 0.29) is 0 Å². The van der Waals surface area contributed by atoms with Crippen molar-refractivity contribution >= 4 is 0 Å². The first-order valence-corrected chi connectivity index (χ1v) is 6.59. The highest BCUT2D eigenvalue weighted by Crippen LogP contribution is 2.19. The Hall–Kier alpha value is -1.80. The molecule has 2 rings (SSSR count). The summed E-state index contributed by atoms with van der Waals surface area (Å²) in [6.07, 6.45) is 0. The Labute approximate surface area is 115 Å². The molecule has 0 bridgehead atoms. The fraction of sp³-hybridized carbons (Fsp3) is 0.294. The van der Waals surface area contributed by atoms with Gasteiger partial charge in [0.2, 0.25) is 0 Å². The summed E-state index contributed by atoms with van der Waals surface area (Å²) in [6, 6.07) is 14.7. The standard InChI is InChI=1S/C17H21NO/c1-13-8-9-17(19-3)16(10-13)12-18-11-15-7-5-4-6-14(15)2/h4-10,18H,11-12H2,1-3H3. The molecule has 0 radical (unpaired) electrons. The molecule has 0 saturated carbocycles. The lowest BCUT2D eigenvalue weighted by molar-refractivity contribution is 0.407. The Morgan fingerprint density at radius 2 is 1.68 bits per heavy atom. The number of hydrogen-bond acceptors (Lipinski definition) is 2. The first-order chi connectivity index (χ1) is 9.20. The minimum Gasteiger partial charge on any atom is -0.496 e. The SMILES string of the molecule is COc1ccc(C)cc1CNCc1ccccc1C. The van der Waals surface area contributed by atoms with Crippen molar-refractivity contribution in [3.05, 3.63) is 64.7 Å². The van der Waals surface area contributed by atoms with Crippen LogP contribution >= 0.6 is 0 Å². The average molecular weight is 255 g/mol. The third-order valence-electron chi connectivity index (χ3n) is 3.33. The monoisotopic (exact) mass is 255 g/mol. The van der Waals surface area contributed by atoms with Crippen LogP contribution in [0.15, 0.2) is 42.5 Å². The number of aryl methyl sites for hydroxylation is 2. The summed E-state index contributed by atoms with van der Waals surface area (Å²) in [6.45, 7) is 5.94. The molecule has 0 aromatic heterocycles. The van der Waals surface area contributed by atoms with Gasteiger partial charge in [-0.1, -0.05) is 42.0 Å². The molecule has 0 fully saturated rings. The van der Waals surface area contributed by atoms with Crippen molar-refractivity contribution < 1.29 is 4.74 Å². The Morgan fingerprint density at radius 1 is 0.947 bits per heavy atom. The van der Waals surface area contributed by atoms with E-state index in [1.165, 1.54) is 22.3 Å². The minimum atomic E-state index is 0.819. The fourth-order valence-corrected chi connectivity index (χ4v) is 2.19. The number of ether oxygens (including phenoxy) is 1. The average Bonchev–Trinajstić information content (AvgIpc) is 2.41. The molecule has 0 aliphatic heterocycles. The highest BCUT2D eigenvalue weighted by Gasteiger charge is 2.03. The minimum absolute atomic E-state index is 0.819. The van der Waals surface area contributed by atoms with E-state index in [9.17, 15) is 0 Å². The zero-order valence-electron chi connectivity index (χ0n) is 11.9. The van der Waals surface area contributed by atoms with Gasteiger partial charge >= 0.3 is 0 Å². The van der Waals surface area contributed by atoms with Crippen molar-refractivity contribution in [3.8, 4) is 5.75 Å². The van der Waals surface area contributed by atoms with Gasteiger partial charge in [0.15, 0.2) is 0 Å². The van der Waals surface area contributed by atoms with E-state index >= 15 is 0 Å². The van der Waals surface area contributed by atoms with E-state index < -0.39 is 0 Å². The van der Waals surface area contributed by atoms with E-state index in [1.54, 1.807) is 7.11 Å². The Bertz CT molecular complexity index is 549. The van der Waals surface area contributed by atoms with Crippen molar-refractivity contribution in [2.24, 2.45) is 0 Å². The third kappa shape index (κ3) is 3.58. The fourth-order valence-electron chi connectivity index (χ4n) is 2.19. The molecule has 2 aromatic carbocycles. The van der Waals surface area contributed by atoms with Crippen LogP contribution in [0.3, 0.4) is 0 Å². The summed E-state index contributed by atoms with van der Waals surface area (Å²) in [7, 11) is 1.72. The van der Waals surface area contributed by atoms with Gasteiger partial charge in [0.05, 0.1) is 7.11 Å². The van der Waals surface area contributed by atoms with Gasteiger partial charge in [-0.25, -0.2) is 0 Å². The molecule has 2 heteroatoms. The van der Waals surface area contributed by atoms with Crippen LogP contribution in [0.5, 0.6) is 5.75 Å². The second kappa shape index (κ2) is 6.39. The molecule has 0 aliphatic rings. The van der Waals surface area contributed by atoms with Crippen LogP contribution in [0.4, 0.5) is 0 Å². The number of methoxy groups -OCH3 is 1. The van der Waals surface area contributed by atoms with Crippen LogP contribution in [0.2, 0.25) is 0 Å². The van der Waals surface area contributed by atoms with Gasteiger partial charge in [-0.05, 0) is 31.0 Å². The number of nitrogens with one attached hydrogen (secondary N) is 1. The Morgan fingerprint density at radius 3 is 2.42 bits per heavy atom. The molecule has 0 heterocycles. The molecule has 0 saturated heterocycles. The van der Waals surface area contributed by atoms with Gasteiger partial charge in [-0.2, -0.15) is 0 Å². The van der Waals surface area contributed by atoms with Crippen molar-refractivity contribution in [1.82, 2.24) is 5.32 Å². The van der Waals surface area contributed by atoms with Crippen LogP contribution in [0, 0.1) is 13.8 Å². The maximum atomic E-state index is 5.39. The molecule has 0 aliphatic carbocycles. The highest BCUT2D eigenvalue weighted by molar-refractivity contribution is 5.36. The van der Waals surface area contributed by atoms with Crippen LogP contribution in [-0.2, 0) is 13.1 Å². The van der Waals surface area contributed by atoms with Crippen molar-refractivity contribution in [2.45, 2.75) is 26.9 Å². The Balaban J connectivity index is 2.00. The predicted octanol–water partition coefficient (Wildman–Crippen LogP) is 3.60. The molecule has 0 atom stereocenters. The van der Waals surface area contributed by atoms with E-state index in [4.69, 9.17) is 4.74 Å². The van der Waals surface area contributed by atoms with Crippen LogP contribution in [-0.4, -0.2) is 7.11 Å². The van der Waals surface area contributed by atoms with Gasteiger partial charge in [0, 0.05) is 18.7 Å². The first-order valence-electron chi connectivity index (χ1n) is 6.59. The molecule has 0 amide bonds. The lowest BCUT2D eigenvalue weighted by atomic mass is 10.1. The maximum absolute atomic E-state index is 5.39. The molecule has 19 heavy (non-hydrogen) atoms. The van der Waals surface area contributed by atoms with Gasteiger partial charge in [0.1, 0.15) is 5.75 Å². The second-order valence-corrected chi connectivity index (χ2v) is 4.85. The summed E-state index contributed by atoms with van der Waals surface area (Å²) in [5, 5.41) is 3.48. The third-order valence-corrected chi connectivity index (χ3v) is 3.33. The van der Waals surface area contributed by atoms with E-state index in [0.717, 1.165) is 18.8 Å². The smallest absolute Gasteiger partial charge is 0.123 e. The summed E-state index contributed by atoms with van der Waals surface area (Å²) in [4.78, 5) is 0. The summed E-state index contributed by atoms with van der Waals surface area (Å²) < 4.78 is 5.39. The van der Waals surface area contributed by atoms with Gasteiger partial charge in [0.25, 0.3) is 0 Å². The summed E-state index contributed by atoms with van der Waals surface area (Å²) in [5.74, 6) is 0.947. The highest BCUT2D eigenvalue weighted by atomic mass is 16.5. The lowest BCUT2D eigenvalue weighted by Crippen LogP contribution is -2.14. The molecule has 0 unspecified atom stereocenters. The molecule has 0 spiro atoms. The normalized spacial score (nSPS) is 10.5.